The molecule has 2 amide bonds. The largest absolute Gasteiger partial charge is 0.490 e. The number of benzene rings is 2. The third-order valence-corrected chi connectivity index (χ3v) is 7.02. The van der Waals surface area contributed by atoms with E-state index in [1.54, 1.807) is 12.1 Å². The van der Waals surface area contributed by atoms with Gasteiger partial charge in [0.2, 0.25) is 5.91 Å². The Morgan fingerprint density at radius 2 is 1.68 bits per heavy atom. The lowest BCUT2D eigenvalue weighted by molar-refractivity contribution is -0.192. The SMILES string of the molecule is O=C(NCCN1CCC2(CC1)C(=O)NCN2c1ccc(F)c(F)c1)c1cc2cc(F)ccc2[nH]1.O=C(O)C(F)(F)F. The van der Waals surface area contributed by atoms with Crippen molar-refractivity contribution in [2.45, 2.75) is 24.6 Å². The number of alkyl halides is 3. The Morgan fingerprint density at radius 3 is 2.32 bits per heavy atom. The summed E-state index contributed by atoms with van der Waals surface area (Å²) in [6.07, 6.45) is -4.03. The fourth-order valence-electron chi connectivity index (χ4n) is 4.87. The molecule has 0 unspecified atom stereocenters. The summed E-state index contributed by atoms with van der Waals surface area (Å²) in [4.78, 5) is 41.0. The van der Waals surface area contributed by atoms with Crippen LogP contribution >= 0.6 is 0 Å². The fraction of sp³-hybridized carbons (Fsp3) is 0.346. The number of nitrogens with one attached hydrogen (secondary N) is 3. The molecule has 1 aromatic heterocycles. The quantitative estimate of drug-likeness (QED) is 0.341. The number of H-pyrrole nitrogens is 1. The molecule has 2 aromatic carbocycles. The van der Waals surface area contributed by atoms with Crippen molar-refractivity contribution in [3.63, 3.8) is 0 Å². The van der Waals surface area contributed by atoms with Crippen LogP contribution in [0.5, 0.6) is 0 Å². The predicted molar refractivity (Wildman–Crippen MR) is 135 cm³/mol. The number of nitrogens with zero attached hydrogens (tertiary/aromatic N) is 2. The topological polar surface area (TPSA) is 118 Å². The van der Waals surface area contributed by atoms with Crippen LogP contribution in [-0.2, 0) is 9.59 Å². The number of amides is 2. The second-order valence-corrected chi connectivity index (χ2v) is 9.54. The lowest BCUT2D eigenvalue weighted by atomic mass is 9.85. The first kappa shape index (κ1) is 29.7. The summed E-state index contributed by atoms with van der Waals surface area (Å²) in [6, 6.07) is 9.59. The number of carboxylic acid groups (broad SMARTS) is 1. The zero-order valence-corrected chi connectivity index (χ0v) is 21.3. The number of fused-ring (bicyclic) bond motifs is 1. The van der Waals surface area contributed by atoms with E-state index in [9.17, 15) is 35.9 Å². The molecule has 2 aliphatic heterocycles. The summed E-state index contributed by atoms with van der Waals surface area (Å²) in [5, 5.41) is 13.5. The average molecular weight is 586 g/mol. The molecule has 4 N–H and O–H groups in total. The molecule has 15 heteroatoms. The predicted octanol–water partition coefficient (Wildman–Crippen LogP) is 3.38. The molecule has 220 valence electrons. The second kappa shape index (κ2) is 11.7. The van der Waals surface area contributed by atoms with E-state index in [0.717, 1.165) is 12.1 Å². The van der Waals surface area contributed by atoms with Crippen molar-refractivity contribution < 1.29 is 45.8 Å². The van der Waals surface area contributed by atoms with Gasteiger partial charge in [-0.25, -0.2) is 18.0 Å². The number of carbonyl (C=O) groups is 3. The molecule has 0 atom stereocenters. The van der Waals surface area contributed by atoms with Gasteiger partial charge in [-0.1, -0.05) is 0 Å². The summed E-state index contributed by atoms with van der Waals surface area (Å²) >= 11 is 0. The lowest BCUT2D eigenvalue weighted by Crippen LogP contribution is -2.57. The minimum Gasteiger partial charge on any atom is -0.475 e. The van der Waals surface area contributed by atoms with Gasteiger partial charge in [-0.05, 0) is 49.2 Å². The average Bonchev–Trinajstić information content (AvgIpc) is 3.47. The number of aliphatic carboxylic acids is 1. The van der Waals surface area contributed by atoms with E-state index in [2.05, 4.69) is 20.5 Å². The smallest absolute Gasteiger partial charge is 0.475 e. The molecule has 1 spiro atoms. The van der Waals surface area contributed by atoms with Crippen LogP contribution in [-0.4, -0.2) is 77.3 Å². The maximum absolute atomic E-state index is 13.8. The first-order valence-corrected chi connectivity index (χ1v) is 12.4. The Morgan fingerprint density at radius 1 is 1.00 bits per heavy atom. The van der Waals surface area contributed by atoms with E-state index in [-0.39, 0.29) is 24.3 Å². The van der Waals surface area contributed by atoms with E-state index < -0.39 is 29.3 Å². The van der Waals surface area contributed by atoms with Crippen molar-refractivity contribution >= 4 is 34.4 Å². The highest BCUT2D eigenvalue weighted by atomic mass is 19.4. The molecule has 0 radical (unpaired) electrons. The summed E-state index contributed by atoms with van der Waals surface area (Å²) in [6.45, 7) is 2.50. The van der Waals surface area contributed by atoms with Crippen molar-refractivity contribution in [2.24, 2.45) is 0 Å². The van der Waals surface area contributed by atoms with Gasteiger partial charge in [0.1, 0.15) is 17.1 Å². The first-order chi connectivity index (χ1) is 19.3. The number of carbonyl (C=O) groups excluding carboxylic acids is 2. The normalized spacial score (nSPS) is 16.8. The molecule has 9 nitrogen and oxygen atoms in total. The Labute approximate surface area is 229 Å². The fourth-order valence-corrected chi connectivity index (χ4v) is 4.87. The number of anilines is 1. The van der Waals surface area contributed by atoms with Gasteiger partial charge in [0.15, 0.2) is 11.6 Å². The number of aromatic amines is 1. The van der Waals surface area contributed by atoms with Crippen LogP contribution < -0.4 is 15.5 Å². The second-order valence-electron chi connectivity index (χ2n) is 9.54. The number of likely N-dealkylation sites (tertiary alicyclic amines) is 1. The number of carboxylic acids is 1. The van der Waals surface area contributed by atoms with Gasteiger partial charge < -0.3 is 30.5 Å². The third kappa shape index (κ3) is 6.56. The molecule has 3 heterocycles. The van der Waals surface area contributed by atoms with Gasteiger partial charge in [-0.15, -0.1) is 0 Å². The number of halogens is 6. The van der Waals surface area contributed by atoms with E-state index in [1.165, 1.54) is 18.2 Å². The lowest BCUT2D eigenvalue weighted by Gasteiger charge is -2.43. The minimum absolute atomic E-state index is 0.111. The maximum Gasteiger partial charge on any atom is 0.490 e. The highest BCUT2D eigenvalue weighted by molar-refractivity contribution is 5.98. The van der Waals surface area contributed by atoms with Gasteiger partial charge in [0.05, 0.1) is 6.67 Å². The third-order valence-electron chi connectivity index (χ3n) is 7.02. The minimum atomic E-state index is -5.08. The van der Waals surface area contributed by atoms with E-state index >= 15 is 0 Å². The van der Waals surface area contributed by atoms with Crippen molar-refractivity contribution in [1.82, 2.24) is 20.5 Å². The summed E-state index contributed by atoms with van der Waals surface area (Å²) in [5.41, 5.74) is 0.719. The number of piperidine rings is 1. The van der Waals surface area contributed by atoms with Crippen molar-refractivity contribution in [3.05, 3.63) is 65.6 Å². The number of aromatic nitrogens is 1. The molecule has 3 aromatic rings. The molecule has 0 aliphatic carbocycles. The Balaban J connectivity index is 0.000000493. The Hall–Kier alpha value is -4.27. The molecule has 0 saturated carbocycles. The van der Waals surface area contributed by atoms with Crippen molar-refractivity contribution in [1.29, 1.82) is 0 Å². The highest BCUT2D eigenvalue weighted by Gasteiger charge is 2.50. The molecule has 2 aliphatic rings. The molecule has 0 bridgehead atoms. The molecular weight excluding hydrogens is 560 g/mol. The number of hydrogen-bond acceptors (Lipinski definition) is 5. The van der Waals surface area contributed by atoms with Gasteiger partial charge in [-0.3, -0.25) is 9.59 Å². The van der Waals surface area contributed by atoms with Crippen LogP contribution in [0, 0.1) is 17.5 Å². The standard InChI is InChI=1S/C24H24F3N5O2.C2HF3O2/c25-16-1-4-20-15(11-16)12-21(30-20)22(33)28-7-10-31-8-5-24(6-9-31)23(34)29-14-32(24)17-2-3-18(26)19(27)13-17;3-2(4,5)1(6)7/h1-4,11-13,30H,5-10,14H2,(H,28,33)(H,29,34);(H,6,7). The van der Waals surface area contributed by atoms with Crippen LogP contribution in [0.25, 0.3) is 10.9 Å². The van der Waals surface area contributed by atoms with Crippen molar-refractivity contribution in [2.75, 3.05) is 37.7 Å². The monoisotopic (exact) mass is 585 g/mol. The summed E-state index contributed by atoms with van der Waals surface area (Å²) in [5.74, 6) is -5.37. The van der Waals surface area contributed by atoms with Crippen molar-refractivity contribution in [3.8, 4) is 0 Å². The summed E-state index contributed by atoms with van der Waals surface area (Å²) in [7, 11) is 0. The van der Waals surface area contributed by atoms with Crippen LogP contribution in [0.3, 0.4) is 0 Å². The molecule has 41 heavy (non-hydrogen) atoms. The summed E-state index contributed by atoms with van der Waals surface area (Å²) < 4.78 is 72.3. The van der Waals surface area contributed by atoms with E-state index in [4.69, 9.17) is 9.90 Å². The van der Waals surface area contributed by atoms with Gasteiger partial charge in [-0.2, -0.15) is 13.2 Å². The molecular formula is C26H25F6N5O4. The molecule has 5 rings (SSSR count). The number of rotatable bonds is 5. The maximum atomic E-state index is 13.8. The zero-order chi connectivity index (χ0) is 29.9. The van der Waals surface area contributed by atoms with Crippen LogP contribution in [0.1, 0.15) is 23.3 Å². The van der Waals surface area contributed by atoms with Gasteiger partial charge in [0.25, 0.3) is 5.91 Å². The number of hydrogen-bond donors (Lipinski definition) is 4. The Bertz CT molecular complexity index is 1450. The molecule has 2 fully saturated rings. The van der Waals surface area contributed by atoms with E-state index in [1.807, 2.05) is 4.90 Å². The van der Waals surface area contributed by atoms with E-state index in [0.29, 0.717) is 61.3 Å². The van der Waals surface area contributed by atoms with Crippen LogP contribution in [0.2, 0.25) is 0 Å². The zero-order valence-electron chi connectivity index (χ0n) is 21.3. The highest BCUT2D eigenvalue weighted by Crippen LogP contribution is 2.36. The molecule has 2 saturated heterocycles. The van der Waals surface area contributed by atoms with Crippen LogP contribution in [0.4, 0.5) is 32.0 Å². The van der Waals surface area contributed by atoms with Crippen LogP contribution in [0.15, 0.2) is 42.5 Å². The first-order valence-electron chi connectivity index (χ1n) is 12.4. The Kier molecular flexibility index (Phi) is 8.47. The van der Waals surface area contributed by atoms with Gasteiger partial charge >= 0.3 is 12.1 Å². The van der Waals surface area contributed by atoms with Gasteiger partial charge in [0, 0.05) is 48.8 Å².